The van der Waals surface area contributed by atoms with Crippen LogP contribution >= 0.6 is 11.3 Å². The number of fused-ring (bicyclic) bond motifs is 2. The van der Waals surface area contributed by atoms with Crippen LogP contribution in [0.15, 0.2) is 12.1 Å². The van der Waals surface area contributed by atoms with Gasteiger partial charge in [0.1, 0.15) is 17.2 Å². The quantitative estimate of drug-likeness (QED) is 0.686. The van der Waals surface area contributed by atoms with Gasteiger partial charge in [0.05, 0.1) is 17.9 Å². The summed E-state index contributed by atoms with van der Waals surface area (Å²) in [5.41, 5.74) is 3.93. The fourth-order valence-electron chi connectivity index (χ4n) is 3.95. The van der Waals surface area contributed by atoms with Gasteiger partial charge in [-0.05, 0) is 59.5 Å². The maximum absolute atomic E-state index is 12.5. The topological polar surface area (TPSA) is 69.7 Å². The van der Waals surface area contributed by atoms with E-state index in [9.17, 15) is 4.79 Å². The molecular formula is C22H31N5O2S. The summed E-state index contributed by atoms with van der Waals surface area (Å²) in [4.78, 5) is 22.5. The van der Waals surface area contributed by atoms with Crippen LogP contribution in [0.2, 0.25) is 0 Å². The molecule has 8 heteroatoms. The summed E-state index contributed by atoms with van der Waals surface area (Å²) in [6.07, 6.45) is 1.83. The average molecular weight is 430 g/mol. The lowest BCUT2D eigenvalue weighted by molar-refractivity contribution is 0.0901. The SMILES string of the molecule is Cc1cc2c(cc1NCCCN(C)C)OCCN2c1nc2c(s1)C(=O)NC(C)(C)C2. The van der Waals surface area contributed by atoms with E-state index in [0.29, 0.717) is 6.61 Å². The van der Waals surface area contributed by atoms with E-state index in [0.717, 1.165) is 65.3 Å². The zero-order valence-electron chi connectivity index (χ0n) is 18.5. The largest absolute Gasteiger partial charge is 0.489 e. The maximum atomic E-state index is 12.5. The van der Waals surface area contributed by atoms with Gasteiger partial charge >= 0.3 is 0 Å². The summed E-state index contributed by atoms with van der Waals surface area (Å²) < 4.78 is 5.98. The van der Waals surface area contributed by atoms with Crippen molar-refractivity contribution in [1.29, 1.82) is 0 Å². The van der Waals surface area contributed by atoms with Crippen molar-refractivity contribution in [2.45, 2.75) is 39.2 Å². The summed E-state index contributed by atoms with van der Waals surface area (Å²) in [5.74, 6) is 0.840. The minimum atomic E-state index is -0.262. The molecule has 0 radical (unpaired) electrons. The number of rotatable bonds is 6. The van der Waals surface area contributed by atoms with Gasteiger partial charge in [-0.15, -0.1) is 0 Å². The van der Waals surface area contributed by atoms with E-state index >= 15 is 0 Å². The number of thiazole rings is 1. The van der Waals surface area contributed by atoms with Crippen LogP contribution in [0, 0.1) is 6.92 Å². The standard InChI is InChI=1S/C22H31N5O2S/c1-14-11-17-18(12-15(14)23-7-6-8-26(4)5)29-10-9-27(17)21-24-16-13-22(2,3)25-20(28)19(16)30-21/h11-12,23H,6-10,13H2,1-5H3,(H,25,28). The second-order valence-electron chi connectivity index (χ2n) is 9.01. The lowest BCUT2D eigenvalue weighted by Gasteiger charge is -2.30. The molecule has 0 atom stereocenters. The number of carbonyl (C=O) groups is 1. The molecular weight excluding hydrogens is 398 g/mol. The van der Waals surface area contributed by atoms with Gasteiger partial charge in [0.25, 0.3) is 5.91 Å². The van der Waals surface area contributed by atoms with Gasteiger partial charge in [0.15, 0.2) is 5.13 Å². The number of anilines is 3. The maximum Gasteiger partial charge on any atom is 0.263 e. The molecule has 2 aliphatic rings. The Morgan fingerprint density at radius 3 is 2.93 bits per heavy atom. The molecule has 0 spiro atoms. The highest BCUT2D eigenvalue weighted by Gasteiger charge is 2.34. The van der Waals surface area contributed by atoms with Gasteiger partial charge in [0, 0.05) is 30.3 Å². The Bertz CT molecular complexity index is 953. The van der Waals surface area contributed by atoms with Crippen LogP contribution in [0.25, 0.3) is 0 Å². The smallest absolute Gasteiger partial charge is 0.263 e. The molecule has 0 saturated carbocycles. The third kappa shape index (κ3) is 4.25. The first-order valence-corrected chi connectivity index (χ1v) is 11.3. The van der Waals surface area contributed by atoms with Gasteiger partial charge in [-0.1, -0.05) is 11.3 Å². The number of hydrogen-bond donors (Lipinski definition) is 2. The van der Waals surface area contributed by atoms with E-state index in [1.54, 1.807) is 0 Å². The number of carbonyl (C=O) groups excluding carboxylic acids is 1. The Morgan fingerprint density at radius 2 is 2.17 bits per heavy atom. The highest BCUT2D eigenvalue weighted by Crippen LogP contribution is 2.42. The van der Waals surface area contributed by atoms with Crippen molar-refractivity contribution in [3.63, 3.8) is 0 Å². The highest BCUT2D eigenvalue weighted by molar-refractivity contribution is 7.17. The van der Waals surface area contributed by atoms with E-state index in [4.69, 9.17) is 9.72 Å². The molecule has 162 valence electrons. The zero-order valence-corrected chi connectivity index (χ0v) is 19.3. The van der Waals surface area contributed by atoms with Gasteiger partial charge in [-0.3, -0.25) is 4.79 Å². The van der Waals surface area contributed by atoms with Crippen molar-refractivity contribution in [3.8, 4) is 5.75 Å². The number of aryl methyl sites for hydroxylation is 1. The van der Waals surface area contributed by atoms with Crippen LogP contribution in [0.5, 0.6) is 5.75 Å². The molecule has 1 aromatic carbocycles. The first kappa shape index (κ1) is 20.9. The molecule has 2 N–H and O–H groups in total. The van der Waals surface area contributed by atoms with Crippen molar-refractivity contribution in [2.24, 2.45) is 0 Å². The lowest BCUT2D eigenvalue weighted by atomic mass is 9.94. The minimum absolute atomic E-state index is 0.0214. The van der Waals surface area contributed by atoms with Gasteiger partial charge in [-0.2, -0.15) is 0 Å². The van der Waals surface area contributed by atoms with E-state index in [1.165, 1.54) is 16.9 Å². The fraction of sp³-hybridized carbons (Fsp3) is 0.545. The van der Waals surface area contributed by atoms with Crippen LogP contribution in [0.4, 0.5) is 16.5 Å². The van der Waals surface area contributed by atoms with Crippen molar-refractivity contribution in [2.75, 3.05) is 50.6 Å². The van der Waals surface area contributed by atoms with Crippen molar-refractivity contribution in [1.82, 2.24) is 15.2 Å². The highest BCUT2D eigenvalue weighted by atomic mass is 32.1. The number of nitrogens with one attached hydrogen (secondary N) is 2. The monoisotopic (exact) mass is 429 g/mol. The Kier molecular flexibility index (Phi) is 5.63. The first-order valence-electron chi connectivity index (χ1n) is 10.5. The number of nitrogens with zero attached hydrogens (tertiary/aromatic N) is 3. The number of amides is 1. The summed E-state index contributed by atoms with van der Waals surface area (Å²) in [5, 5.41) is 7.47. The predicted octanol–water partition coefficient (Wildman–Crippen LogP) is 3.41. The second-order valence-corrected chi connectivity index (χ2v) is 9.98. The number of aromatic nitrogens is 1. The molecule has 1 amide bonds. The average Bonchev–Trinajstić information content (AvgIpc) is 3.07. The molecule has 4 rings (SSSR count). The van der Waals surface area contributed by atoms with Crippen LogP contribution in [0.3, 0.4) is 0 Å². The molecule has 2 aromatic rings. The summed E-state index contributed by atoms with van der Waals surface area (Å²) in [6, 6.07) is 4.25. The van der Waals surface area contributed by atoms with Crippen LogP contribution in [-0.2, 0) is 6.42 Å². The normalized spacial score (nSPS) is 17.3. The Balaban J connectivity index is 1.58. The molecule has 7 nitrogen and oxygen atoms in total. The second kappa shape index (κ2) is 8.07. The molecule has 0 unspecified atom stereocenters. The predicted molar refractivity (Wildman–Crippen MR) is 123 cm³/mol. The molecule has 30 heavy (non-hydrogen) atoms. The zero-order chi connectivity index (χ0) is 21.5. The molecule has 0 bridgehead atoms. The number of ether oxygens (including phenoxy) is 1. The third-order valence-corrected chi connectivity index (χ3v) is 6.57. The molecule has 2 aliphatic heterocycles. The summed E-state index contributed by atoms with van der Waals surface area (Å²) in [6.45, 7) is 9.48. The van der Waals surface area contributed by atoms with Crippen LogP contribution < -0.4 is 20.3 Å². The van der Waals surface area contributed by atoms with Crippen molar-refractivity contribution < 1.29 is 9.53 Å². The van der Waals surface area contributed by atoms with E-state index in [1.807, 2.05) is 13.8 Å². The number of hydrogen-bond acceptors (Lipinski definition) is 7. The van der Waals surface area contributed by atoms with Gasteiger partial charge in [-0.25, -0.2) is 4.98 Å². The third-order valence-electron chi connectivity index (χ3n) is 5.45. The minimum Gasteiger partial charge on any atom is -0.489 e. The molecule has 0 saturated heterocycles. The summed E-state index contributed by atoms with van der Waals surface area (Å²) in [7, 11) is 4.18. The van der Waals surface area contributed by atoms with Crippen LogP contribution in [-0.4, -0.2) is 61.7 Å². The molecule has 0 fully saturated rings. The van der Waals surface area contributed by atoms with Gasteiger partial charge < -0.3 is 25.2 Å². The Labute approximate surface area is 182 Å². The molecule has 3 heterocycles. The fourth-order valence-corrected chi connectivity index (χ4v) is 4.97. The Morgan fingerprint density at radius 1 is 1.37 bits per heavy atom. The Hall–Kier alpha value is -2.32. The summed E-state index contributed by atoms with van der Waals surface area (Å²) >= 11 is 1.47. The van der Waals surface area contributed by atoms with E-state index < -0.39 is 0 Å². The first-order chi connectivity index (χ1) is 14.2. The van der Waals surface area contributed by atoms with Gasteiger partial charge in [0.2, 0.25) is 0 Å². The molecule has 0 aliphatic carbocycles. The van der Waals surface area contributed by atoms with E-state index in [2.05, 4.69) is 53.6 Å². The van der Waals surface area contributed by atoms with Crippen molar-refractivity contribution in [3.05, 3.63) is 28.3 Å². The van der Waals surface area contributed by atoms with Crippen molar-refractivity contribution >= 4 is 33.8 Å². The van der Waals surface area contributed by atoms with Crippen LogP contribution in [0.1, 0.15) is 41.2 Å². The molecule has 1 aromatic heterocycles. The van der Waals surface area contributed by atoms with E-state index in [-0.39, 0.29) is 11.4 Å². The number of benzene rings is 1. The lowest BCUT2D eigenvalue weighted by Crippen LogP contribution is -2.48.